The monoisotopic (exact) mass is 300 g/mol. The van der Waals surface area contributed by atoms with Gasteiger partial charge in [0.2, 0.25) is 10.0 Å². The van der Waals surface area contributed by atoms with Gasteiger partial charge in [-0.3, -0.25) is 0 Å². The lowest BCUT2D eigenvalue weighted by molar-refractivity contribution is 0.0526. The number of ether oxygens (including phenoxy) is 1. The SMILES string of the molecule is CCOC(=O)c1ccc(S(=O)(=O)NCCCCN)cc1. The minimum absolute atomic E-state index is 0.123. The van der Waals surface area contributed by atoms with Crippen LogP contribution in [-0.4, -0.2) is 34.1 Å². The Balaban J connectivity index is 2.69. The van der Waals surface area contributed by atoms with E-state index in [0.717, 1.165) is 6.42 Å². The molecule has 0 aliphatic carbocycles. The topological polar surface area (TPSA) is 98.5 Å². The van der Waals surface area contributed by atoms with E-state index in [9.17, 15) is 13.2 Å². The van der Waals surface area contributed by atoms with Crippen molar-refractivity contribution in [2.75, 3.05) is 19.7 Å². The minimum Gasteiger partial charge on any atom is -0.462 e. The second kappa shape index (κ2) is 7.98. The molecule has 0 heterocycles. The number of carbonyl (C=O) groups is 1. The highest BCUT2D eigenvalue weighted by Gasteiger charge is 2.14. The predicted octanol–water partition coefficient (Wildman–Crippen LogP) is 0.881. The summed E-state index contributed by atoms with van der Waals surface area (Å²) < 4.78 is 31.2. The van der Waals surface area contributed by atoms with E-state index in [-0.39, 0.29) is 11.5 Å². The van der Waals surface area contributed by atoms with Crippen molar-refractivity contribution in [2.45, 2.75) is 24.7 Å². The quantitative estimate of drug-likeness (QED) is 0.548. The molecule has 6 nitrogen and oxygen atoms in total. The fraction of sp³-hybridized carbons (Fsp3) is 0.462. The van der Waals surface area contributed by atoms with Crippen molar-refractivity contribution in [3.05, 3.63) is 29.8 Å². The van der Waals surface area contributed by atoms with Gasteiger partial charge in [-0.15, -0.1) is 0 Å². The molecule has 0 bridgehead atoms. The molecule has 0 aromatic heterocycles. The first-order chi connectivity index (χ1) is 9.51. The maximum absolute atomic E-state index is 11.9. The van der Waals surface area contributed by atoms with Crippen LogP contribution >= 0.6 is 0 Å². The van der Waals surface area contributed by atoms with Gasteiger partial charge in [0.15, 0.2) is 0 Å². The van der Waals surface area contributed by atoms with Crippen molar-refractivity contribution in [3.8, 4) is 0 Å². The van der Waals surface area contributed by atoms with E-state index >= 15 is 0 Å². The van der Waals surface area contributed by atoms with Crippen LogP contribution in [0.2, 0.25) is 0 Å². The second-order valence-electron chi connectivity index (χ2n) is 4.14. The number of rotatable bonds is 8. The molecule has 1 rings (SSSR count). The van der Waals surface area contributed by atoms with Crippen LogP contribution in [0.25, 0.3) is 0 Å². The molecule has 0 unspecified atom stereocenters. The van der Waals surface area contributed by atoms with Crippen LogP contribution in [0.4, 0.5) is 0 Å². The van der Waals surface area contributed by atoms with Crippen LogP contribution in [0.5, 0.6) is 0 Å². The smallest absolute Gasteiger partial charge is 0.338 e. The summed E-state index contributed by atoms with van der Waals surface area (Å²) in [6.07, 6.45) is 1.46. The van der Waals surface area contributed by atoms with E-state index in [0.29, 0.717) is 25.1 Å². The second-order valence-corrected chi connectivity index (χ2v) is 5.91. The Morgan fingerprint density at radius 3 is 2.45 bits per heavy atom. The van der Waals surface area contributed by atoms with Crippen LogP contribution in [-0.2, 0) is 14.8 Å². The fourth-order valence-electron chi connectivity index (χ4n) is 1.54. The maximum atomic E-state index is 11.9. The molecular formula is C13H20N2O4S. The summed E-state index contributed by atoms with van der Waals surface area (Å²) in [4.78, 5) is 11.6. The zero-order chi connectivity index (χ0) is 15.0. The Hall–Kier alpha value is -1.44. The van der Waals surface area contributed by atoms with Gasteiger partial charge in [-0.2, -0.15) is 0 Å². The molecule has 1 aromatic carbocycles. The van der Waals surface area contributed by atoms with Gasteiger partial charge in [-0.25, -0.2) is 17.9 Å². The zero-order valence-electron chi connectivity index (χ0n) is 11.5. The standard InChI is InChI=1S/C13H20N2O4S/c1-2-19-13(16)11-5-7-12(8-6-11)20(17,18)15-10-4-3-9-14/h5-8,15H,2-4,9-10,14H2,1H3. The van der Waals surface area contributed by atoms with Crippen molar-refractivity contribution >= 4 is 16.0 Å². The first kappa shape index (κ1) is 16.6. The summed E-state index contributed by atoms with van der Waals surface area (Å²) in [5.41, 5.74) is 5.67. The first-order valence-corrected chi connectivity index (χ1v) is 7.96. The molecule has 0 amide bonds. The lowest BCUT2D eigenvalue weighted by atomic mass is 10.2. The lowest BCUT2D eigenvalue weighted by Gasteiger charge is -2.07. The van der Waals surface area contributed by atoms with Crippen molar-refractivity contribution in [2.24, 2.45) is 5.73 Å². The highest BCUT2D eigenvalue weighted by molar-refractivity contribution is 7.89. The van der Waals surface area contributed by atoms with Gasteiger partial charge >= 0.3 is 5.97 Å². The normalized spacial score (nSPS) is 11.3. The van der Waals surface area contributed by atoms with Crippen LogP contribution in [0, 0.1) is 0 Å². The van der Waals surface area contributed by atoms with Gasteiger partial charge in [0.25, 0.3) is 0 Å². The average Bonchev–Trinajstić information content (AvgIpc) is 2.44. The van der Waals surface area contributed by atoms with Crippen LogP contribution in [0.15, 0.2) is 29.2 Å². The summed E-state index contributed by atoms with van der Waals surface area (Å²) in [5, 5.41) is 0. The van der Waals surface area contributed by atoms with Crippen LogP contribution < -0.4 is 10.5 Å². The molecule has 112 valence electrons. The number of esters is 1. The average molecular weight is 300 g/mol. The van der Waals surface area contributed by atoms with Crippen molar-refractivity contribution < 1.29 is 17.9 Å². The van der Waals surface area contributed by atoms with E-state index in [1.54, 1.807) is 6.92 Å². The molecule has 0 radical (unpaired) electrons. The number of sulfonamides is 1. The summed E-state index contributed by atoms with van der Waals surface area (Å²) in [6, 6.07) is 5.65. The number of benzene rings is 1. The van der Waals surface area contributed by atoms with E-state index in [4.69, 9.17) is 10.5 Å². The molecule has 0 aliphatic rings. The maximum Gasteiger partial charge on any atom is 0.338 e. The van der Waals surface area contributed by atoms with Gasteiger partial charge < -0.3 is 10.5 Å². The van der Waals surface area contributed by atoms with Crippen LogP contribution in [0.3, 0.4) is 0 Å². The Bertz CT molecular complexity index is 526. The largest absolute Gasteiger partial charge is 0.462 e. The van der Waals surface area contributed by atoms with E-state index in [2.05, 4.69) is 4.72 Å². The predicted molar refractivity (Wildman–Crippen MR) is 75.9 cm³/mol. The molecular weight excluding hydrogens is 280 g/mol. The molecule has 0 atom stereocenters. The molecule has 0 fully saturated rings. The van der Waals surface area contributed by atoms with Gasteiger partial charge in [0.1, 0.15) is 0 Å². The highest BCUT2D eigenvalue weighted by atomic mass is 32.2. The van der Waals surface area contributed by atoms with Gasteiger partial charge in [0.05, 0.1) is 17.1 Å². The van der Waals surface area contributed by atoms with E-state index in [1.165, 1.54) is 24.3 Å². The summed E-state index contributed by atoms with van der Waals surface area (Å²) >= 11 is 0. The molecule has 20 heavy (non-hydrogen) atoms. The number of unbranched alkanes of at least 4 members (excludes halogenated alkanes) is 1. The lowest BCUT2D eigenvalue weighted by Crippen LogP contribution is -2.25. The Morgan fingerprint density at radius 2 is 1.90 bits per heavy atom. The zero-order valence-corrected chi connectivity index (χ0v) is 12.3. The summed E-state index contributed by atoms with van der Waals surface area (Å²) in [5.74, 6) is -0.465. The number of nitrogens with one attached hydrogen (secondary N) is 1. The van der Waals surface area contributed by atoms with Crippen molar-refractivity contribution in [1.82, 2.24) is 4.72 Å². The Morgan fingerprint density at radius 1 is 1.25 bits per heavy atom. The number of hydrogen-bond donors (Lipinski definition) is 2. The van der Waals surface area contributed by atoms with Gasteiger partial charge in [-0.05, 0) is 50.6 Å². The Kier molecular flexibility index (Phi) is 6.63. The molecule has 7 heteroatoms. The fourth-order valence-corrected chi connectivity index (χ4v) is 2.62. The molecule has 1 aromatic rings. The third kappa shape index (κ3) is 4.92. The highest BCUT2D eigenvalue weighted by Crippen LogP contribution is 2.11. The first-order valence-electron chi connectivity index (χ1n) is 6.48. The third-order valence-corrected chi connectivity index (χ3v) is 4.08. The van der Waals surface area contributed by atoms with Crippen molar-refractivity contribution in [1.29, 1.82) is 0 Å². The number of hydrogen-bond acceptors (Lipinski definition) is 5. The van der Waals surface area contributed by atoms with Gasteiger partial charge in [0, 0.05) is 6.54 Å². The molecule has 0 aliphatic heterocycles. The summed E-state index contributed by atoms with van der Waals surface area (Å²) in [6.45, 7) is 2.87. The van der Waals surface area contributed by atoms with E-state index in [1.807, 2.05) is 0 Å². The Labute approximate surface area is 119 Å². The molecule has 3 N–H and O–H groups in total. The minimum atomic E-state index is -3.54. The number of nitrogens with two attached hydrogens (primary N) is 1. The number of carbonyl (C=O) groups excluding carboxylic acids is 1. The van der Waals surface area contributed by atoms with Crippen molar-refractivity contribution in [3.63, 3.8) is 0 Å². The van der Waals surface area contributed by atoms with Gasteiger partial charge in [-0.1, -0.05) is 0 Å². The van der Waals surface area contributed by atoms with E-state index < -0.39 is 16.0 Å². The van der Waals surface area contributed by atoms with Crippen LogP contribution in [0.1, 0.15) is 30.1 Å². The molecule has 0 spiro atoms. The summed E-state index contributed by atoms with van der Waals surface area (Å²) in [7, 11) is -3.54. The molecule has 0 saturated heterocycles. The third-order valence-electron chi connectivity index (χ3n) is 2.60. The molecule has 0 saturated carbocycles.